The van der Waals surface area contributed by atoms with Gasteiger partial charge in [-0.15, -0.1) is 0 Å². The van der Waals surface area contributed by atoms with Gasteiger partial charge in [0.25, 0.3) is 33.7 Å². The molecule has 2 fully saturated rings. The van der Waals surface area contributed by atoms with Gasteiger partial charge in [0, 0.05) is 24.3 Å². The summed E-state index contributed by atoms with van der Waals surface area (Å²) >= 11 is 1.10. The van der Waals surface area contributed by atoms with Crippen molar-refractivity contribution in [1.82, 2.24) is 9.80 Å². The highest BCUT2D eigenvalue weighted by atomic mass is 32.2. The molecule has 13 nitrogen and oxygen atoms in total. The number of carbonyl (C=O) groups is 5. The quantitative estimate of drug-likeness (QED) is 0.263. The molecule has 4 rings (SSSR count). The molecule has 2 aromatic carbocycles. The number of amides is 4. The normalized spacial score (nSPS) is 17.7. The van der Waals surface area contributed by atoms with Crippen molar-refractivity contribution in [2.75, 3.05) is 13.1 Å². The summed E-state index contributed by atoms with van der Waals surface area (Å²) < 4.78 is 0. The summed E-state index contributed by atoms with van der Waals surface area (Å²) in [5, 5.41) is 20.4. The fourth-order valence-electron chi connectivity index (χ4n) is 3.43. The van der Waals surface area contributed by atoms with Gasteiger partial charge in [-0.3, -0.25) is 54.0 Å². The number of non-ortho nitro benzene ring substituents is 2. The molecule has 38 heavy (non-hydrogen) atoms. The molecule has 4 amide bonds. The van der Waals surface area contributed by atoms with Gasteiger partial charge in [0.1, 0.15) is 0 Å². The van der Waals surface area contributed by atoms with Gasteiger partial charge in [-0.25, -0.2) is 0 Å². The maximum Gasteiger partial charge on any atom is 0.293 e. The fraction of sp³-hybridized carbons (Fsp3) is 0.0870. The lowest BCUT2D eigenvalue weighted by atomic mass is 10.2. The second kappa shape index (κ2) is 10.8. The topological polar surface area (TPSA) is 178 Å². The highest BCUT2D eigenvalue weighted by Gasteiger charge is 2.39. The van der Waals surface area contributed by atoms with Crippen molar-refractivity contribution >= 4 is 75.1 Å². The van der Waals surface area contributed by atoms with Gasteiger partial charge in [0.15, 0.2) is 5.78 Å². The smallest absolute Gasteiger partial charge is 0.293 e. The molecule has 0 aliphatic carbocycles. The van der Waals surface area contributed by atoms with Crippen molar-refractivity contribution in [3.8, 4) is 0 Å². The third-order valence-electron chi connectivity index (χ3n) is 5.17. The van der Waals surface area contributed by atoms with Crippen LogP contribution in [-0.4, -0.2) is 60.8 Å². The molecule has 2 aliphatic heterocycles. The Morgan fingerprint density at radius 3 is 1.50 bits per heavy atom. The van der Waals surface area contributed by atoms with Crippen LogP contribution in [-0.2, 0) is 14.4 Å². The van der Waals surface area contributed by atoms with E-state index in [0.717, 1.165) is 0 Å². The van der Waals surface area contributed by atoms with E-state index in [4.69, 9.17) is 0 Å². The number of nitro benzene ring substituents is 2. The summed E-state index contributed by atoms with van der Waals surface area (Å²) in [5.41, 5.74) is 0.212. The van der Waals surface area contributed by atoms with E-state index in [1.807, 2.05) is 0 Å². The van der Waals surface area contributed by atoms with E-state index >= 15 is 0 Å². The lowest BCUT2D eigenvalue weighted by Gasteiger charge is -2.15. The van der Waals surface area contributed by atoms with Gasteiger partial charge < -0.3 is 0 Å². The molecule has 0 N–H and O–H groups in total. The van der Waals surface area contributed by atoms with Crippen LogP contribution in [0.1, 0.15) is 11.1 Å². The zero-order valence-electron chi connectivity index (χ0n) is 19.0. The molecule has 192 valence electrons. The minimum atomic E-state index is -0.792. The maximum absolute atomic E-state index is 12.7. The van der Waals surface area contributed by atoms with Crippen LogP contribution < -0.4 is 0 Å². The average molecular weight is 555 g/mol. The van der Waals surface area contributed by atoms with Crippen LogP contribution in [0, 0.1) is 20.2 Å². The van der Waals surface area contributed by atoms with Crippen LogP contribution >= 0.6 is 23.5 Å². The molecule has 0 saturated carbocycles. The number of rotatable bonds is 8. The van der Waals surface area contributed by atoms with Crippen LogP contribution in [0.25, 0.3) is 12.2 Å². The largest absolute Gasteiger partial charge is 0.296 e. The Labute approximate surface area is 221 Å². The lowest BCUT2D eigenvalue weighted by molar-refractivity contribution is -0.385. The molecule has 0 unspecified atom stereocenters. The fourth-order valence-corrected chi connectivity index (χ4v) is 5.11. The molecule has 15 heteroatoms. The van der Waals surface area contributed by atoms with Gasteiger partial charge in [0.2, 0.25) is 0 Å². The Hall–Kier alpha value is -4.63. The van der Waals surface area contributed by atoms with E-state index in [0.29, 0.717) is 44.5 Å². The number of thioether (sulfide) groups is 2. The number of hydrogen-bond donors (Lipinski definition) is 0. The van der Waals surface area contributed by atoms with E-state index in [2.05, 4.69) is 0 Å². The van der Waals surface area contributed by atoms with Crippen LogP contribution in [0.15, 0.2) is 58.3 Å². The first-order valence-electron chi connectivity index (χ1n) is 10.5. The molecule has 2 saturated heterocycles. The zero-order chi connectivity index (χ0) is 27.6. The lowest BCUT2D eigenvalue weighted by Crippen LogP contribution is -2.40. The molecule has 2 heterocycles. The van der Waals surface area contributed by atoms with Crippen LogP contribution in [0.3, 0.4) is 0 Å². The molecule has 0 radical (unpaired) electrons. The Balaban J connectivity index is 1.43. The summed E-state index contributed by atoms with van der Waals surface area (Å²) in [7, 11) is 0. The third kappa shape index (κ3) is 5.68. The first kappa shape index (κ1) is 26.4. The monoisotopic (exact) mass is 554 g/mol. The number of imide groups is 2. The molecule has 0 spiro atoms. The van der Waals surface area contributed by atoms with E-state index in [1.165, 1.54) is 60.7 Å². The molecule has 2 aliphatic rings. The van der Waals surface area contributed by atoms with Gasteiger partial charge in [0.05, 0.1) is 32.7 Å². The third-order valence-corrected chi connectivity index (χ3v) is 6.99. The number of hydrogen-bond acceptors (Lipinski definition) is 11. The van der Waals surface area contributed by atoms with Crippen molar-refractivity contribution in [3.63, 3.8) is 0 Å². The van der Waals surface area contributed by atoms with Crippen molar-refractivity contribution < 1.29 is 33.8 Å². The first-order valence-corrected chi connectivity index (χ1v) is 12.2. The van der Waals surface area contributed by atoms with Gasteiger partial charge in [-0.2, -0.15) is 0 Å². The average Bonchev–Trinajstić information content (AvgIpc) is 3.28. The SMILES string of the molecule is O=C(CN1C(=O)S/C(=C\c2cccc([N+](=O)[O-])c2)C1=O)CN1C(=O)S/C(=C\c2cccc([N+](=O)[O-])c2)C1=O. The summed E-state index contributed by atoms with van der Waals surface area (Å²) in [6.45, 7) is -1.38. The summed E-state index contributed by atoms with van der Waals surface area (Å²) in [5.74, 6) is -2.35. The minimum Gasteiger partial charge on any atom is -0.296 e. The Morgan fingerprint density at radius 1 is 0.737 bits per heavy atom. The summed E-state index contributed by atoms with van der Waals surface area (Å²) in [6, 6.07) is 10.8. The predicted octanol–water partition coefficient (Wildman–Crippen LogP) is 3.84. The number of carbonyl (C=O) groups excluding carboxylic acids is 5. The van der Waals surface area contributed by atoms with Gasteiger partial charge >= 0.3 is 0 Å². The summed E-state index contributed by atoms with van der Waals surface area (Å²) in [6.07, 6.45) is 2.58. The summed E-state index contributed by atoms with van der Waals surface area (Å²) in [4.78, 5) is 84.6. The number of Topliss-reactive ketones (excluding diaryl/α,β-unsaturated/α-hetero) is 1. The molecular weight excluding hydrogens is 540 g/mol. The highest BCUT2D eigenvalue weighted by Crippen LogP contribution is 2.34. The number of ketones is 1. The Morgan fingerprint density at radius 2 is 1.13 bits per heavy atom. The number of benzene rings is 2. The zero-order valence-corrected chi connectivity index (χ0v) is 20.6. The molecule has 0 bridgehead atoms. The van der Waals surface area contributed by atoms with Crippen molar-refractivity contribution in [1.29, 1.82) is 0 Å². The van der Waals surface area contributed by atoms with E-state index in [9.17, 15) is 44.2 Å². The molecule has 0 aromatic heterocycles. The second-order valence-corrected chi connectivity index (χ2v) is 9.76. The van der Waals surface area contributed by atoms with Crippen LogP contribution in [0.2, 0.25) is 0 Å². The van der Waals surface area contributed by atoms with Crippen LogP contribution in [0.4, 0.5) is 21.0 Å². The molecule has 0 atom stereocenters. The minimum absolute atomic E-state index is 0.0469. The number of nitro groups is 2. The first-order chi connectivity index (χ1) is 18.0. The van der Waals surface area contributed by atoms with Crippen molar-refractivity contribution in [2.24, 2.45) is 0 Å². The maximum atomic E-state index is 12.7. The molecular formula is C23H14N4O9S2. The Kier molecular flexibility index (Phi) is 7.50. The molecule has 2 aromatic rings. The van der Waals surface area contributed by atoms with E-state index < -0.39 is 51.0 Å². The number of nitrogens with zero attached hydrogens (tertiary/aromatic N) is 4. The van der Waals surface area contributed by atoms with Gasteiger partial charge in [-0.05, 0) is 46.8 Å². The Bertz CT molecular complexity index is 1390. The van der Waals surface area contributed by atoms with Gasteiger partial charge in [-0.1, -0.05) is 24.3 Å². The van der Waals surface area contributed by atoms with Crippen LogP contribution in [0.5, 0.6) is 0 Å². The van der Waals surface area contributed by atoms with E-state index in [1.54, 1.807) is 0 Å². The van der Waals surface area contributed by atoms with Crippen molar-refractivity contribution in [3.05, 3.63) is 89.7 Å². The predicted molar refractivity (Wildman–Crippen MR) is 137 cm³/mol. The highest BCUT2D eigenvalue weighted by molar-refractivity contribution is 8.18. The standard InChI is InChI=1S/C23H14N4O9S2/c28-17(11-24-20(29)18(37-22(24)31)9-13-3-1-5-15(7-13)26(33)34)12-25-21(30)19(38-23(25)32)10-14-4-2-6-16(8-14)27(35)36/h1-10H,11-12H2/b18-9-,19-10-. The van der Waals surface area contributed by atoms with Crippen molar-refractivity contribution in [2.45, 2.75) is 0 Å². The van der Waals surface area contributed by atoms with E-state index in [-0.39, 0.29) is 21.2 Å². The second-order valence-electron chi connectivity index (χ2n) is 7.78.